The van der Waals surface area contributed by atoms with Crippen LogP contribution in [0.5, 0.6) is 0 Å². The molecule has 3 nitrogen and oxygen atoms in total. The van der Waals surface area contributed by atoms with Crippen LogP contribution in [0, 0.1) is 0 Å². The van der Waals surface area contributed by atoms with Crippen LogP contribution in [0.3, 0.4) is 0 Å². The van der Waals surface area contributed by atoms with Gasteiger partial charge >= 0.3 is 5.97 Å². The molecule has 0 aliphatic carbocycles. The van der Waals surface area contributed by atoms with E-state index in [1.807, 2.05) is 0 Å². The molecule has 3 heteroatoms. The van der Waals surface area contributed by atoms with E-state index in [2.05, 4.69) is 6.92 Å². The Bertz CT molecular complexity index is 299. The van der Waals surface area contributed by atoms with Crippen molar-refractivity contribution in [3.63, 3.8) is 0 Å². The minimum Gasteiger partial charge on any atom is -0.454 e. The first-order chi connectivity index (χ1) is 10.2. The number of hydrogen-bond donors (Lipinski definition) is 0. The molecule has 0 aromatic carbocycles. The molecule has 0 unspecified atom stereocenters. The Balaban J connectivity index is 1.82. The molecule has 0 bridgehead atoms. The van der Waals surface area contributed by atoms with Gasteiger partial charge in [0, 0.05) is 19.3 Å². The molecule has 0 N–H and O–H groups in total. The molecule has 0 aromatic heterocycles. The number of carbonyl (C=O) groups is 2. The van der Waals surface area contributed by atoms with Crippen LogP contribution >= 0.6 is 0 Å². The lowest BCUT2D eigenvalue weighted by Gasteiger charge is -2.07. The van der Waals surface area contributed by atoms with Crippen LogP contribution in [0.1, 0.15) is 96.8 Å². The first-order valence-electron chi connectivity index (χ1n) is 8.96. The van der Waals surface area contributed by atoms with Crippen LogP contribution in [0.2, 0.25) is 0 Å². The summed E-state index contributed by atoms with van der Waals surface area (Å²) in [4.78, 5) is 22.7. The van der Waals surface area contributed by atoms with Gasteiger partial charge in [-0.05, 0) is 6.42 Å². The molecular formula is C18H32O3. The number of rotatable bonds is 13. The maximum atomic E-state index is 11.8. The zero-order valence-electron chi connectivity index (χ0n) is 13.7. The maximum absolute atomic E-state index is 11.8. The van der Waals surface area contributed by atoms with E-state index >= 15 is 0 Å². The van der Waals surface area contributed by atoms with Gasteiger partial charge in [0.05, 0.1) is 0 Å². The highest BCUT2D eigenvalue weighted by Crippen LogP contribution is 2.18. The molecule has 122 valence electrons. The van der Waals surface area contributed by atoms with E-state index in [0.29, 0.717) is 19.3 Å². The van der Waals surface area contributed by atoms with Crippen LogP contribution in [0.15, 0.2) is 0 Å². The highest BCUT2D eigenvalue weighted by atomic mass is 16.6. The first-order valence-corrected chi connectivity index (χ1v) is 8.96. The molecule has 0 aromatic rings. The monoisotopic (exact) mass is 296 g/mol. The predicted octanol–water partition coefficient (Wildman–Crippen LogP) is 4.96. The predicted molar refractivity (Wildman–Crippen MR) is 85.2 cm³/mol. The Labute approximate surface area is 129 Å². The summed E-state index contributed by atoms with van der Waals surface area (Å²) in [6.45, 7) is 2.25. The standard InChI is InChI=1S/C18H32O3/c1-2-3-4-5-6-7-8-9-10-11-12-13-16(19)17-14-15-18(20)21-17/h17H,2-15H2,1H3/t17-/m1/s1. The summed E-state index contributed by atoms with van der Waals surface area (Å²) in [5.74, 6) is -0.0935. The van der Waals surface area contributed by atoms with E-state index in [0.717, 1.165) is 12.8 Å². The van der Waals surface area contributed by atoms with Crippen molar-refractivity contribution >= 4 is 11.8 Å². The smallest absolute Gasteiger partial charge is 0.306 e. The molecule has 1 rings (SSSR count). The Morgan fingerprint density at radius 1 is 0.952 bits per heavy atom. The molecule has 0 radical (unpaired) electrons. The molecule has 1 heterocycles. The third kappa shape index (κ3) is 8.90. The number of carbonyl (C=O) groups excluding carboxylic acids is 2. The van der Waals surface area contributed by atoms with Crippen molar-refractivity contribution in [2.45, 2.75) is 103 Å². The second-order valence-corrected chi connectivity index (χ2v) is 6.27. The minimum absolute atomic E-state index is 0.122. The highest BCUT2D eigenvalue weighted by molar-refractivity contribution is 5.87. The third-order valence-electron chi connectivity index (χ3n) is 4.27. The summed E-state index contributed by atoms with van der Waals surface area (Å²) in [6, 6.07) is 0. The van der Waals surface area contributed by atoms with Gasteiger partial charge in [0.1, 0.15) is 0 Å². The topological polar surface area (TPSA) is 43.4 Å². The zero-order chi connectivity index (χ0) is 15.3. The van der Waals surface area contributed by atoms with Crippen LogP contribution in [-0.2, 0) is 14.3 Å². The van der Waals surface area contributed by atoms with Gasteiger partial charge in [-0.2, -0.15) is 0 Å². The van der Waals surface area contributed by atoms with Gasteiger partial charge in [-0.3, -0.25) is 9.59 Å². The van der Waals surface area contributed by atoms with Crippen molar-refractivity contribution in [3.05, 3.63) is 0 Å². The van der Waals surface area contributed by atoms with Crippen molar-refractivity contribution < 1.29 is 14.3 Å². The fourth-order valence-corrected chi connectivity index (χ4v) is 2.88. The minimum atomic E-state index is -0.430. The van der Waals surface area contributed by atoms with Crippen molar-refractivity contribution in [2.24, 2.45) is 0 Å². The molecular weight excluding hydrogens is 264 g/mol. The normalized spacial score (nSPS) is 18.0. The van der Waals surface area contributed by atoms with Gasteiger partial charge in [-0.15, -0.1) is 0 Å². The summed E-state index contributed by atoms with van der Waals surface area (Å²) in [7, 11) is 0. The maximum Gasteiger partial charge on any atom is 0.306 e. The fraction of sp³-hybridized carbons (Fsp3) is 0.889. The third-order valence-corrected chi connectivity index (χ3v) is 4.27. The number of esters is 1. The van der Waals surface area contributed by atoms with Gasteiger partial charge < -0.3 is 4.74 Å². The van der Waals surface area contributed by atoms with Crippen LogP contribution in [0.4, 0.5) is 0 Å². The van der Waals surface area contributed by atoms with Gasteiger partial charge in [0.25, 0.3) is 0 Å². The fourth-order valence-electron chi connectivity index (χ4n) is 2.88. The van der Waals surface area contributed by atoms with E-state index in [-0.39, 0.29) is 11.8 Å². The number of cyclic esters (lactones) is 1. The first kappa shape index (κ1) is 18.2. The lowest BCUT2D eigenvalue weighted by Crippen LogP contribution is -2.19. The van der Waals surface area contributed by atoms with Gasteiger partial charge in [0.2, 0.25) is 0 Å². The van der Waals surface area contributed by atoms with Crippen LogP contribution < -0.4 is 0 Å². The van der Waals surface area contributed by atoms with Crippen molar-refractivity contribution in [2.75, 3.05) is 0 Å². The average molecular weight is 296 g/mol. The Morgan fingerprint density at radius 3 is 1.95 bits per heavy atom. The molecule has 21 heavy (non-hydrogen) atoms. The molecule has 0 spiro atoms. The molecule has 1 aliphatic heterocycles. The van der Waals surface area contributed by atoms with E-state index in [4.69, 9.17) is 4.74 Å². The quantitative estimate of drug-likeness (QED) is 0.356. The number of ketones is 1. The largest absolute Gasteiger partial charge is 0.454 e. The molecule has 0 saturated carbocycles. The molecule has 1 saturated heterocycles. The van der Waals surface area contributed by atoms with E-state index < -0.39 is 6.10 Å². The SMILES string of the molecule is CCCCCCCCCCCCCC(=O)[C@H]1CCC(=O)O1. The Morgan fingerprint density at radius 2 is 1.48 bits per heavy atom. The Hall–Kier alpha value is -0.860. The van der Waals surface area contributed by atoms with E-state index in [9.17, 15) is 9.59 Å². The lowest BCUT2D eigenvalue weighted by atomic mass is 10.0. The number of hydrogen-bond acceptors (Lipinski definition) is 3. The second kappa shape index (κ2) is 11.8. The van der Waals surface area contributed by atoms with Gasteiger partial charge in [-0.1, -0.05) is 71.1 Å². The summed E-state index contributed by atoms with van der Waals surface area (Å²) in [5.41, 5.74) is 0. The molecule has 1 aliphatic rings. The zero-order valence-corrected chi connectivity index (χ0v) is 13.7. The van der Waals surface area contributed by atoms with E-state index in [1.54, 1.807) is 0 Å². The highest BCUT2D eigenvalue weighted by Gasteiger charge is 2.28. The lowest BCUT2D eigenvalue weighted by molar-refractivity contribution is -0.147. The number of unbranched alkanes of at least 4 members (excludes halogenated alkanes) is 10. The Kier molecular flexibility index (Phi) is 10.2. The second-order valence-electron chi connectivity index (χ2n) is 6.27. The number of ether oxygens (including phenoxy) is 1. The van der Waals surface area contributed by atoms with Crippen LogP contribution in [0.25, 0.3) is 0 Å². The van der Waals surface area contributed by atoms with Crippen molar-refractivity contribution in [1.82, 2.24) is 0 Å². The average Bonchev–Trinajstić information content (AvgIpc) is 2.91. The summed E-state index contributed by atoms with van der Waals surface area (Å²) in [5, 5.41) is 0. The molecule has 0 amide bonds. The summed E-state index contributed by atoms with van der Waals surface area (Å²) >= 11 is 0. The van der Waals surface area contributed by atoms with E-state index in [1.165, 1.54) is 57.8 Å². The van der Waals surface area contributed by atoms with Crippen molar-refractivity contribution in [1.29, 1.82) is 0 Å². The summed E-state index contributed by atoms with van der Waals surface area (Å²) < 4.78 is 4.99. The van der Waals surface area contributed by atoms with Crippen LogP contribution in [-0.4, -0.2) is 17.9 Å². The molecule has 1 atom stereocenters. The van der Waals surface area contributed by atoms with Gasteiger partial charge in [-0.25, -0.2) is 0 Å². The van der Waals surface area contributed by atoms with Crippen molar-refractivity contribution in [3.8, 4) is 0 Å². The summed E-state index contributed by atoms with van der Waals surface area (Å²) in [6.07, 6.45) is 15.3. The number of Topliss-reactive ketones (excluding diaryl/α,β-unsaturated/α-hetero) is 1. The van der Waals surface area contributed by atoms with Gasteiger partial charge in [0.15, 0.2) is 11.9 Å². The molecule has 1 fully saturated rings.